The zero-order chi connectivity index (χ0) is 22.4. The molecule has 0 atom stereocenters. The van der Waals surface area contributed by atoms with E-state index in [4.69, 9.17) is 9.72 Å². The van der Waals surface area contributed by atoms with Gasteiger partial charge in [-0.1, -0.05) is 30.3 Å². The minimum absolute atomic E-state index is 0.0592. The van der Waals surface area contributed by atoms with Crippen molar-refractivity contribution >= 4 is 22.8 Å². The standard InChI is InChI=1S/C23H22N6O3/c1-27-11-12-29(23(27)31)15-9-10-16(17(13-15)32-3)20-24-21-18(22(30)25-20)19(26-28(21)2)14-7-5-4-6-8-14/h4-10,13H,11-12H2,1-3H3,(H,24,25,30). The molecular formula is C23H22N6O3. The molecule has 1 fully saturated rings. The molecule has 4 aromatic rings. The fourth-order valence-electron chi connectivity index (χ4n) is 4.01. The lowest BCUT2D eigenvalue weighted by Gasteiger charge is -2.18. The summed E-state index contributed by atoms with van der Waals surface area (Å²) in [5.74, 6) is 0.885. The number of hydrogen-bond donors (Lipinski definition) is 1. The Morgan fingerprint density at radius 2 is 1.81 bits per heavy atom. The number of anilines is 1. The highest BCUT2D eigenvalue weighted by Gasteiger charge is 2.27. The van der Waals surface area contributed by atoms with E-state index >= 15 is 0 Å². The summed E-state index contributed by atoms with van der Waals surface area (Å²) in [5.41, 5.74) is 2.99. The van der Waals surface area contributed by atoms with Crippen LogP contribution in [0.4, 0.5) is 10.5 Å². The summed E-state index contributed by atoms with van der Waals surface area (Å²) >= 11 is 0. The van der Waals surface area contributed by atoms with Crippen molar-refractivity contribution < 1.29 is 9.53 Å². The number of methoxy groups -OCH3 is 1. The lowest BCUT2D eigenvalue weighted by molar-refractivity contribution is 0.229. The van der Waals surface area contributed by atoms with Gasteiger partial charge in [0.2, 0.25) is 0 Å². The number of H-pyrrole nitrogens is 1. The third-order valence-corrected chi connectivity index (χ3v) is 5.71. The molecule has 5 rings (SSSR count). The number of benzene rings is 2. The number of fused-ring (bicyclic) bond motifs is 1. The van der Waals surface area contributed by atoms with E-state index in [0.717, 1.165) is 11.3 Å². The molecule has 1 N–H and O–H groups in total. The molecule has 162 valence electrons. The molecule has 2 aromatic carbocycles. The summed E-state index contributed by atoms with van der Waals surface area (Å²) in [6.45, 7) is 1.27. The molecule has 9 heteroatoms. The van der Waals surface area contributed by atoms with Crippen LogP contribution in [0.25, 0.3) is 33.7 Å². The van der Waals surface area contributed by atoms with Crippen LogP contribution < -0.4 is 15.2 Å². The van der Waals surface area contributed by atoms with Gasteiger partial charge in [-0.15, -0.1) is 0 Å². The van der Waals surface area contributed by atoms with Crippen LogP contribution in [0.2, 0.25) is 0 Å². The molecule has 1 aliphatic rings. The quantitative estimate of drug-likeness (QED) is 0.537. The molecule has 0 radical (unpaired) electrons. The van der Waals surface area contributed by atoms with Crippen LogP contribution >= 0.6 is 0 Å². The SMILES string of the molecule is COc1cc(N2CCN(C)C2=O)ccc1-c1nc2c(c(-c3ccccc3)nn2C)c(=O)[nH]1. The number of likely N-dealkylation sites (N-methyl/N-ethyl adjacent to an activating group) is 1. The van der Waals surface area contributed by atoms with Gasteiger partial charge in [-0.2, -0.15) is 5.10 Å². The lowest BCUT2D eigenvalue weighted by Crippen LogP contribution is -2.29. The van der Waals surface area contributed by atoms with Crippen molar-refractivity contribution in [3.63, 3.8) is 0 Å². The molecule has 0 unspecified atom stereocenters. The van der Waals surface area contributed by atoms with Crippen molar-refractivity contribution in [1.29, 1.82) is 0 Å². The van der Waals surface area contributed by atoms with E-state index in [9.17, 15) is 9.59 Å². The first-order chi connectivity index (χ1) is 15.5. The highest BCUT2D eigenvalue weighted by molar-refractivity contribution is 5.95. The molecule has 0 bridgehead atoms. The first-order valence-corrected chi connectivity index (χ1v) is 10.2. The Morgan fingerprint density at radius 3 is 2.50 bits per heavy atom. The molecule has 1 saturated heterocycles. The predicted molar refractivity (Wildman–Crippen MR) is 122 cm³/mol. The maximum absolute atomic E-state index is 13.1. The second kappa shape index (κ2) is 7.52. The zero-order valence-electron chi connectivity index (χ0n) is 18.0. The smallest absolute Gasteiger partial charge is 0.324 e. The number of rotatable bonds is 4. The number of urea groups is 1. The zero-order valence-corrected chi connectivity index (χ0v) is 18.0. The first kappa shape index (κ1) is 19.8. The fraction of sp³-hybridized carbons (Fsp3) is 0.217. The maximum Gasteiger partial charge on any atom is 0.324 e. The Labute approximate surface area is 183 Å². The number of aryl methyl sites for hydroxylation is 1. The van der Waals surface area contributed by atoms with Crippen molar-refractivity contribution in [1.82, 2.24) is 24.6 Å². The number of carbonyl (C=O) groups excluding carboxylic acids is 1. The summed E-state index contributed by atoms with van der Waals surface area (Å²) in [6, 6.07) is 14.9. The van der Waals surface area contributed by atoms with E-state index < -0.39 is 0 Å². The minimum atomic E-state index is -0.278. The third kappa shape index (κ3) is 3.09. The number of amides is 2. The predicted octanol–water partition coefficient (Wildman–Crippen LogP) is 2.87. The maximum atomic E-state index is 13.1. The third-order valence-electron chi connectivity index (χ3n) is 5.71. The van der Waals surface area contributed by atoms with Crippen molar-refractivity contribution in [2.24, 2.45) is 7.05 Å². The average molecular weight is 430 g/mol. The van der Waals surface area contributed by atoms with Gasteiger partial charge in [0.1, 0.15) is 22.7 Å². The number of aromatic amines is 1. The molecule has 9 nitrogen and oxygen atoms in total. The molecule has 0 saturated carbocycles. The van der Waals surface area contributed by atoms with E-state index in [-0.39, 0.29) is 11.6 Å². The highest BCUT2D eigenvalue weighted by atomic mass is 16.5. The minimum Gasteiger partial charge on any atom is -0.496 e. The number of ether oxygens (including phenoxy) is 1. The summed E-state index contributed by atoms with van der Waals surface area (Å²) in [5, 5.41) is 4.97. The van der Waals surface area contributed by atoms with E-state index in [1.54, 1.807) is 47.8 Å². The summed E-state index contributed by atoms with van der Waals surface area (Å²) in [7, 11) is 5.09. The number of nitrogens with zero attached hydrogens (tertiary/aromatic N) is 5. The second-order valence-corrected chi connectivity index (χ2v) is 7.69. The number of nitrogens with one attached hydrogen (secondary N) is 1. The van der Waals surface area contributed by atoms with Gasteiger partial charge in [0.05, 0.1) is 12.7 Å². The van der Waals surface area contributed by atoms with Gasteiger partial charge in [0.15, 0.2) is 5.65 Å². The van der Waals surface area contributed by atoms with E-state index in [1.807, 2.05) is 36.4 Å². The van der Waals surface area contributed by atoms with Crippen LogP contribution in [0.15, 0.2) is 53.3 Å². The van der Waals surface area contributed by atoms with Crippen molar-refractivity contribution in [3.8, 4) is 28.4 Å². The van der Waals surface area contributed by atoms with E-state index in [0.29, 0.717) is 47.0 Å². The fourth-order valence-corrected chi connectivity index (χ4v) is 4.01. The van der Waals surface area contributed by atoms with E-state index in [2.05, 4.69) is 10.1 Å². The molecule has 32 heavy (non-hydrogen) atoms. The molecule has 0 spiro atoms. The topological polar surface area (TPSA) is 96.3 Å². The van der Waals surface area contributed by atoms with Gasteiger partial charge in [-0.05, 0) is 12.1 Å². The van der Waals surface area contributed by atoms with Crippen LogP contribution in [0, 0.1) is 0 Å². The molecule has 2 amide bonds. The van der Waals surface area contributed by atoms with Crippen molar-refractivity contribution in [2.75, 3.05) is 32.1 Å². The van der Waals surface area contributed by atoms with Crippen LogP contribution in [0.5, 0.6) is 5.75 Å². The number of hydrogen-bond acceptors (Lipinski definition) is 5. The largest absolute Gasteiger partial charge is 0.496 e. The van der Waals surface area contributed by atoms with Crippen LogP contribution in [-0.4, -0.2) is 57.9 Å². The molecule has 1 aliphatic heterocycles. The van der Waals surface area contributed by atoms with Crippen LogP contribution in [-0.2, 0) is 7.05 Å². The highest BCUT2D eigenvalue weighted by Crippen LogP contribution is 2.33. The van der Waals surface area contributed by atoms with Crippen LogP contribution in [0.1, 0.15) is 0 Å². The van der Waals surface area contributed by atoms with Gasteiger partial charge in [0.25, 0.3) is 5.56 Å². The van der Waals surface area contributed by atoms with Crippen molar-refractivity contribution in [3.05, 3.63) is 58.9 Å². The first-order valence-electron chi connectivity index (χ1n) is 10.2. The van der Waals surface area contributed by atoms with Gasteiger partial charge in [0, 0.05) is 44.5 Å². The summed E-state index contributed by atoms with van der Waals surface area (Å²) in [4.78, 5) is 36.4. The van der Waals surface area contributed by atoms with Gasteiger partial charge < -0.3 is 14.6 Å². The normalized spacial score (nSPS) is 13.9. The van der Waals surface area contributed by atoms with E-state index in [1.165, 1.54) is 0 Å². The number of carbonyl (C=O) groups is 1. The van der Waals surface area contributed by atoms with Crippen LogP contribution in [0.3, 0.4) is 0 Å². The number of aromatic nitrogens is 4. The summed E-state index contributed by atoms with van der Waals surface area (Å²) in [6.07, 6.45) is 0. The molecular weight excluding hydrogens is 408 g/mol. The molecule has 3 heterocycles. The monoisotopic (exact) mass is 430 g/mol. The Kier molecular flexibility index (Phi) is 4.66. The molecule has 2 aromatic heterocycles. The Hall–Kier alpha value is -4.14. The molecule has 0 aliphatic carbocycles. The Morgan fingerprint density at radius 1 is 1.03 bits per heavy atom. The summed E-state index contributed by atoms with van der Waals surface area (Å²) < 4.78 is 7.19. The van der Waals surface area contributed by atoms with Gasteiger partial charge >= 0.3 is 6.03 Å². The Balaban J connectivity index is 1.62. The lowest BCUT2D eigenvalue weighted by atomic mass is 10.1. The Bertz CT molecular complexity index is 1390. The van der Waals surface area contributed by atoms with Crippen molar-refractivity contribution in [2.45, 2.75) is 0 Å². The van der Waals surface area contributed by atoms with Gasteiger partial charge in [-0.3, -0.25) is 9.69 Å². The van der Waals surface area contributed by atoms with Gasteiger partial charge in [-0.25, -0.2) is 14.5 Å². The second-order valence-electron chi connectivity index (χ2n) is 7.69. The average Bonchev–Trinajstić information content (AvgIpc) is 3.33.